The van der Waals surface area contributed by atoms with E-state index in [1.807, 2.05) is 25.1 Å². The maximum atomic E-state index is 13.5. The number of carbonyl (C=O) groups excluding carboxylic acids is 1. The molecule has 0 fully saturated rings. The van der Waals surface area contributed by atoms with Crippen LogP contribution in [0.2, 0.25) is 0 Å². The second kappa shape index (κ2) is 7.22. The van der Waals surface area contributed by atoms with Crippen molar-refractivity contribution in [1.29, 1.82) is 0 Å². The van der Waals surface area contributed by atoms with Crippen molar-refractivity contribution in [3.05, 3.63) is 59.2 Å². The summed E-state index contributed by atoms with van der Waals surface area (Å²) in [6.07, 6.45) is 0. The fraction of sp³-hybridized carbons (Fsp3) is 0.278. The lowest BCUT2D eigenvalue weighted by molar-refractivity contribution is -0.118. The van der Waals surface area contributed by atoms with Crippen LogP contribution in [-0.4, -0.2) is 12.5 Å². The lowest BCUT2D eigenvalue weighted by atomic mass is 10.0. The molecule has 5 heteroatoms. The minimum absolute atomic E-state index is 0.203. The summed E-state index contributed by atoms with van der Waals surface area (Å²) >= 11 is 0. The molecular weight excluding hydrogens is 300 g/mol. The third-order valence-electron chi connectivity index (χ3n) is 3.44. The van der Waals surface area contributed by atoms with E-state index in [0.717, 1.165) is 29.3 Å². The molecule has 0 aliphatic heterocycles. The van der Waals surface area contributed by atoms with Gasteiger partial charge in [0.2, 0.25) is 0 Å². The Labute approximate surface area is 134 Å². The first-order valence-electron chi connectivity index (χ1n) is 7.35. The van der Waals surface area contributed by atoms with Crippen molar-refractivity contribution in [2.24, 2.45) is 0 Å². The molecule has 1 N–H and O–H groups in total. The topological polar surface area (TPSA) is 38.3 Å². The number of ether oxygens (including phenoxy) is 1. The number of rotatable bonds is 5. The summed E-state index contributed by atoms with van der Waals surface area (Å²) in [5.41, 5.74) is 1.80. The predicted molar refractivity (Wildman–Crippen MR) is 85.8 cm³/mol. The predicted octanol–water partition coefficient (Wildman–Crippen LogP) is 4.41. The van der Waals surface area contributed by atoms with Gasteiger partial charge < -0.3 is 10.1 Å². The second-order valence-corrected chi connectivity index (χ2v) is 5.64. The van der Waals surface area contributed by atoms with Crippen LogP contribution in [0.15, 0.2) is 36.4 Å². The Kier molecular flexibility index (Phi) is 5.32. The molecule has 0 atom stereocenters. The fourth-order valence-corrected chi connectivity index (χ4v) is 2.05. The minimum Gasteiger partial charge on any atom is -0.483 e. The van der Waals surface area contributed by atoms with Crippen LogP contribution in [0.4, 0.5) is 14.5 Å². The number of anilines is 1. The third-order valence-corrected chi connectivity index (χ3v) is 3.44. The zero-order chi connectivity index (χ0) is 17.0. The molecule has 2 rings (SSSR count). The smallest absolute Gasteiger partial charge is 0.262 e. The molecule has 2 aromatic carbocycles. The highest BCUT2D eigenvalue weighted by Gasteiger charge is 2.10. The number of aryl methyl sites for hydroxylation is 1. The van der Waals surface area contributed by atoms with Crippen molar-refractivity contribution in [2.45, 2.75) is 26.7 Å². The molecule has 0 saturated heterocycles. The van der Waals surface area contributed by atoms with Crippen LogP contribution in [0.5, 0.6) is 5.75 Å². The van der Waals surface area contributed by atoms with Gasteiger partial charge in [-0.25, -0.2) is 8.78 Å². The number of hydrogen-bond donors (Lipinski definition) is 1. The van der Waals surface area contributed by atoms with Gasteiger partial charge in [-0.3, -0.25) is 4.79 Å². The lowest BCUT2D eigenvalue weighted by Gasteiger charge is -2.13. The average Bonchev–Trinajstić information content (AvgIpc) is 2.50. The molecule has 0 saturated carbocycles. The van der Waals surface area contributed by atoms with Crippen molar-refractivity contribution >= 4 is 11.6 Å². The zero-order valence-corrected chi connectivity index (χ0v) is 13.3. The molecule has 122 valence electrons. The quantitative estimate of drug-likeness (QED) is 0.886. The summed E-state index contributed by atoms with van der Waals surface area (Å²) in [5.74, 6) is -0.927. The largest absolute Gasteiger partial charge is 0.483 e. The molecule has 0 aliphatic carbocycles. The summed E-state index contributed by atoms with van der Waals surface area (Å²) in [6, 6.07) is 8.70. The summed E-state index contributed by atoms with van der Waals surface area (Å²) < 4.78 is 32.1. The van der Waals surface area contributed by atoms with Crippen molar-refractivity contribution < 1.29 is 18.3 Å². The molecule has 0 radical (unpaired) electrons. The first-order valence-corrected chi connectivity index (χ1v) is 7.35. The number of halogens is 2. The van der Waals surface area contributed by atoms with Gasteiger partial charge in [-0.15, -0.1) is 0 Å². The van der Waals surface area contributed by atoms with Gasteiger partial charge >= 0.3 is 0 Å². The first kappa shape index (κ1) is 16.9. The molecular formula is C18H19F2NO2. The normalized spacial score (nSPS) is 10.7. The van der Waals surface area contributed by atoms with Gasteiger partial charge in [0.05, 0.1) is 5.69 Å². The first-order chi connectivity index (χ1) is 10.9. The van der Waals surface area contributed by atoms with Crippen molar-refractivity contribution in [2.75, 3.05) is 11.9 Å². The van der Waals surface area contributed by atoms with Crippen LogP contribution in [-0.2, 0) is 4.79 Å². The van der Waals surface area contributed by atoms with Crippen molar-refractivity contribution in [3.63, 3.8) is 0 Å². The molecule has 0 spiro atoms. The van der Waals surface area contributed by atoms with Crippen molar-refractivity contribution in [3.8, 4) is 5.75 Å². The SMILES string of the molecule is Cc1ccc(C(C)C)cc1OCC(=O)Nc1cc(F)ccc1F. The average molecular weight is 319 g/mol. The molecule has 0 aromatic heterocycles. The fourth-order valence-electron chi connectivity index (χ4n) is 2.05. The number of benzene rings is 2. The maximum absolute atomic E-state index is 13.5. The molecule has 0 aliphatic rings. The Morgan fingerprint density at radius 3 is 2.61 bits per heavy atom. The van der Waals surface area contributed by atoms with Crippen molar-refractivity contribution in [1.82, 2.24) is 0 Å². The molecule has 0 heterocycles. The van der Waals surface area contributed by atoms with Crippen LogP contribution >= 0.6 is 0 Å². The standard InChI is InChI=1S/C18H19F2NO2/c1-11(2)13-5-4-12(3)17(8-13)23-10-18(22)21-16-9-14(19)6-7-15(16)20/h4-9,11H,10H2,1-3H3,(H,21,22). The van der Waals surface area contributed by atoms with Crippen LogP contribution in [0.3, 0.4) is 0 Å². The van der Waals surface area contributed by atoms with E-state index in [0.29, 0.717) is 11.7 Å². The highest BCUT2D eigenvalue weighted by Crippen LogP contribution is 2.24. The molecule has 3 nitrogen and oxygen atoms in total. The van der Waals surface area contributed by atoms with Gasteiger partial charge in [0.25, 0.3) is 5.91 Å². The number of nitrogens with one attached hydrogen (secondary N) is 1. The van der Waals surface area contributed by atoms with Gasteiger partial charge in [0.1, 0.15) is 17.4 Å². The second-order valence-electron chi connectivity index (χ2n) is 5.64. The molecule has 23 heavy (non-hydrogen) atoms. The van der Waals surface area contributed by atoms with Gasteiger partial charge in [-0.05, 0) is 42.2 Å². The van der Waals surface area contributed by atoms with E-state index < -0.39 is 17.5 Å². The van der Waals surface area contributed by atoms with Gasteiger partial charge in [-0.1, -0.05) is 26.0 Å². The molecule has 0 bridgehead atoms. The Hall–Kier alpha value is -2.43. The van der Waals surface area contributed by atoms with Gasteiger partial charge in [-0.2, -0.15) is 0 Å². The maximum Gasteiger partial charge on any atom is 0.262 e. The molecule has 1 amide bonds. The lowest BCUT2D eigenvalue weighted by Crippen LogP contribution is -2.21. The van der Waals surface area contributed by atoms with E-state index in [-0.39, 0.29) is 12.3 Å². The number of carbonyl (C=O) groups is 1. The minimum atomic E-state index is -0.697. The van der Waals surface area contributed by atoms with E-state index in [1.54, 1.807) is 0 Å². The van der Waals surface area contributed by atoms with Crippen LogP contribution in [0.1, 0.15) is 30.9 Å². The Balaban J connectivity index is 2.02. The molecule has 0 unspecified atom stereocenters. The molecule has 2 aromatic rings. The van der Waals surface area contributed by atoms with Crippen LogP contribution in [0.25, 0.3) is 0 Å². The van der Waals surface area contributed by atoms with E-state index in [2.05, 4.69) is 19.2 Å². The van der Waals surface area contributed by atoms with Crippen LogP contribution in [0, 0.1) is 18.6 Å². The van der Waals surface area contributed by atoms with E-state index >= 15 is 0 Å². The summed E-state index contributed by atoms with van der Waals surface area (Å²) in [5, 5.41) is 2.30. The monoisotopic (exact) mass is 319 g/mol. The van der Waals surface area contributed by atoms with Gasteiger partial charge in [0, 0.05) is 6.07 Å². The summed E-state index contributed by atoms with van der Waals surface area (Å²) in [7, 11) is 0. The third kappa shape index (κ3) is 4.52. The Bertz CT molecular complexity index is 714. The van der Waals surface area contributed by atoms with Gasteiger partial charge in [0.15, 0.2) is 6.61 Å². The van der Waals surface area contributed by atoms with Crippen LogP contribution < -0.4 is 10.1 Å². The Morgan fingerprint density at radius 1 is 1.17 bits per heavy atom. The number of hydrogen-bond acceptors (Lipinski definition) is 2. The zero-order valence-electron chi connectivity index (χ0n) is 13.3. The Morgan fingerprint density at radius 2 is 1.91 bits per heavy atom. The van der Waals surface area contributed by atoms with E-state index in [4.69, 9.17) is 4.74 Å². The van der Waals surface area contributed by atoms with E-state index in [1.165, 1.54) is 0 Å². The highest BCUT2D eigenvalue weighted by atomic mass is 19.1. The summed E-state index contributed by atoms with van der Waals surface area (Å²) in [4.78, 5) is 11.9. The highest BCUT2D eigenvalue weighted by molar-refractivity contribution is 5.92. The summed E-state index contributed by atoms with van der Waals surface area (Å²) in [6.45, 7) is 5.73. The van der Waals surface area contributed by atoms with E-state index in [9.17, 15) is 13.6 Å². The number of amides is 1.